The fourth-order valence-corrected chi connectivity index (χ4v) is 1.60. The van der Waals surface area contributed by atoms with E-state index in [0.29, 0.717) is 12.3 Å². The first-order chi connectivity index (χ1) is 17.9. The Morgan fingerprint density at radius 1 is 0.575 bits per heavy atom. The van der Waals surface area contributed by atoms with Crippen molar-refractivity contribution in [1.29, 1.82) is 0 Å². The standard InChI is InChI=1S/2C6H13NO2.C5H11NO2.C4H9NO3.C3H7NO2/c1-4(2)3-5(7)6(8)9;1-3-4(2)5(7)6(8)9;1-3(2)4(6)5(7)8;1-2(6)3(5)4(7)8;1-2(4)3(5)6/h2*4-5H,3,7H2,1-2H3,(H,8,9);3-4H,6H2,1-2H3,(H,7,8);2-3,6H,5H2,1H3,(H,7,8);2H,4H2,1H3,(H,5,6)/t5-;4-,5-;4-;2-,3+;2-/m00010/s1. The molecule has 7 atom stereocenters. The van der Waals surface area contributed by atoms with E-state index in [1.807, 2.05) is 27.7 Å². The molecule has 16 N–H and O–H groups in total. The molecule has 0 bridgehead atoms. The molecule has 0 aromatic carbocycles. The van der Waals surface area contributed by atoms with E-state index in [0.717, 1.165) is 6.42 Å². The lowest BCUT2D eigenvalue weighted by atomic mass is 10.0. The van der Waals surface area contributed by atoms with E-state index in [4.69, 9.17) is 59.3 Å². The predicted molar refractivity (Wildman–Crippen MR) is 149 cm³/mol. The van der Waals surface area contributed by atoms with Gasteiger partial charge in [-0.2, -0.15) is 0 Å². The predicted octanol–water partition coefficient (Wildman–Crippen LogP) is -0.860. The summed E-state index contributed by atoms with van der Waals surface area (Å²) in [6.07, 6.45) is 0.385. The Morgan fingerprint density at radius 2 is 0.900 bits per heavy atom. The zero-order valence-electron chi connectivity index (χ0n) is 24.7. The number of carboxylic acid groups (broad SMARTS) is 5. The molecule has 0 heterocycles. The highest BCUT2D eigenvalue weighted by Crippen LogP contribution is 2.04. The van der Waals surface area contributed by atoms with Crippen molar-refractivity contribution >= 4 is 29.8 Å². The van der Waals surface area contributed by atoms with Crippen LogP contribution in [0.4, 0.5) is 0 Å². The molecule has 0 aromatic heterocycles. The molecule has 0 saturated heterocycles. The summed E-state index contributed by atoms with van der Waals surface area (Å²) in [4.78, 5) is 49.7. The summed E-state index contributed by atoms with van der Waals surface area (Å²) >= 11 is 0. The highest BCUT2D eigenvalue weighted by Gasteiger charge is 2.17. The van der Waals surface area contributed by atoms with Crippen LogP contribution in [0.25, 0.3) is 0 Å². The topological polar surface area (TPSA) is 337 Å². The van der Waals surface area contributed by atoms with Crippen LogP contribution in [0.2, 0.25) is 0 Å². The number of carbonyl (C=O) groups is 5. The van der Waals surface area contributed by atoms with Crippen molar-refractivity contribution in [2.24, 2.45) is 46.4 Å². The van der Waals surface area contributed by atoms with E-state index in [9.17, 15) is 24.0 Å². The number of aliphatic carboxylic acids is 5. The minimum absolute atomic E-state index is 0.0208. The number of nitrogens with two attached hydrogens (primary N) is 5. The Morgan fingerprint density at radius 3 is 0.950 bits per heavy atom. The average molecular weight is 588 g/mol. The van der Waals surface area contributed by atoms with Crippen molar-refractivity contribution < 1.29 is 54.6 Å². The smallest absolute Gasteiger partial charge is 0.323 e. The number of carboxylic acids is 5. The molecular formula is C24H53N5O11. The quantitative estimate of drug-likeness (QED) is 0.140. The molecule has 0 unspecified atom stereocenters. The first-order valence-electron chi connectivity index (χ1n) is 12.5. The van der Waals surface area contributed by atoms with E-state index in [-0.39, 0.29) is 11.8 Å². The van der Waals surface area contributed by atoms with Gasteiger partial charge in [-0.15, -0.1) is 0 Å². The lowest BCUT2D eigenvalue weighted by Gasteiger charge is -2.11. The summed E-state index contributed by atoms with van der Waals surface area (Å²) in [6, 6.07) is -3.99. The van der Waals surface area contributed by atoms with E-state index in [1.54, 1.807) is 13.8 Å². The van der Waals surface area contributed by atoms with Gasteiger partial charge in [-0.3, -0.25) is 24.0 Å². The third-order valence-corrected chi connectivity index (χ3v) is 4.78. The third-order valence-electron chi connectivity index (χ3n) is 4.78. The normalized spacial score (nSPS) is 15.2. The van der Waals surface area contributed by atoms with Gasteiger partial charge in [-0.25, -0.2) is 0 Å². The minimum Gasteiger partial charge on any atom is -0.480 e. The molecule has 240 valence electrons. The Hall–Kier alpha value is -2.89. The van der Waals surface area contributed by atoms with Gasteiger partial charge in [0.25, 0.3) is 0 Å². The van der Waals surface area contributed by atoms with Crippen LogP contribution in [-0.2, 0) is 24.0 Å². The molecule has 0 aliphatic rings. The maximum Gasteiger partial charge on any atom is 0.323 e. The molecule has 16 nitrogen and oxygen atoms in total. The Bertz CT molecular complexity index is 695. The van der Waals surface area contributed by atoms with Crippen molar-refractivity contribution in [3.8, 4) is 0 Å². The van der Waals surface area contributed by atoms with Crippen molar-refractivity contribution in [2.45, 2.75) is 105 Å². The van der Waals surface area contributed by atoms with Crippen LogP contribution in [0, 0.1) is 17.8 Å². The Labute approximate surface area is 235 Å². The monoisotopic (exact) mass is 587 g/mol. The van der Waals surface area contributed by atoms with E-state index >= 15 is 0 Å². The van der Waals surface area contributed by atoms with Crippen LogP contribution >= 0.6 is 0 Å². The highest BCUT2D eigenvalue weighted by molar-refractivity contribution is 5.74. The zero-order valence-corrected chi connectivity index (χ0v) is 24.7. The summed E-state index contributed by atoms with van der Waals surface area (Å²) in [6.45, 7) is 14.0. The van der Waals surface area contributed by atoms with Crippen LogP contribution in [0.15, 0.2) is 0 Å². The summed E-state index contributed by atoms with van der Waals surface area (Å²) in [5.74, 6) is -4.45. The molecule has 0 fully saturated rings. The first kappa shape index (κ1) is 46.9. The van der Waals surface area contributed by atoms with Crippen molar-refractivity contribution in [3.05, 3.63) is 0 Å². The lowest BCUT2D eigenvalue weighted by Crippen LogP contribution is -2.39. The van der Waals surface area contributed by atoms with Crippen LogP contribution in [0.1, 0.15) is 68.2 Å². The van der Waals surface area contributed by atoms with Gasteiger partial charge >= 0.3 is 29.8 Å². The van der Waals surface area contributed by atoms with E-state index < -0.39 is 66.2 Å². The number of rotatable bonds is 11. The summed E-state index contributed by atoms with van der Waals surface area (Å²) in [7, 11) is 0. The number of hydrogen-bond acceptors (Lipinski definition) is 11. The van der Waals surface area contributed by atoms with Crippen molar-refractivity contribution in [2.75, 3.05) is 0 Å². The second-order valence-electron chi connectivity index (χ2n) is 9.66. The minimum atomic E-state index is -1.18. The fraction of sp³-hybridized carbons (Fsp3) is 0.792. The molecule has 0 rings (SSSR count). The maximum atomic E-state index is 10.2. The average Bonchev–Trinajstić information content (AvgIpc) is 2.82. The van der Waals surface area contributed by atoms with Crippen LogP contribution in [0.3, 0.4) is 0 Å². The Kier molecular flexibility index (Phi) is 30.9. The molecular weight excluding hydrogens is 534 g/mol. The van der Waals surface area contributed by atoms with Crippen LogP contribution in [0.5, 0.6) is 0 Å². The van der Waals surface area contributed by atoms with Crippen molar-refractivity contribution in [1.82, 2.24) is 0 Å². The molecule has 0 aliphatic heterocycles. The summed E-state index contributed by atoms with van der Waals surface area (Å²) in [5, 5.41) is 49.3. The van der Waals surface area contributed by atoms with Gasteiger partial charge in [-0.1, -0.05) is 48.0 Å². The molecule has 0 aromatic rings. The second kappa shape index (κ2) is 26.3. The van der Waals surface area contributed by atoms with Gasteiger partial charge in [0.2, 0.25) is 0 Å². The van der Waals surface area contributed by atoms with E-state index in [2.05, 4.69) is 0 Å². The molecule has 0 aliphatic carbocycles. The van der Waals surface area contributed by atoms with Gasteiger partial charge in [0.05, 0.1) is 6.10 Å². The lowest BCUT2D eigenvalue weighted by molar-refractivity contribution is -0.141. The molecule has 0 radical (unpaired) electrons. The number of aliphatic hydroxyl groups excluding tert-OH is 1. The number of aliphatic hydroxyl groups is 1. The van der Waals surface area contributed by atoms with Gasteiger partial charge in [0, 0.05) is 0 Å². The van der Waals surface area contributed by atoms with E-state index in [1.165, 1.54) is 13.8 Å². The van der Waals surface area contributed by atoms with Gasteiger partial charge in [-0.05, 0) is 38.0 Å². The molecule has 16 heteroatoms. The third kappa shape index (κ3) is 33.1. The molecule has 0 saturated carbocycles. The highest BCUT2D eigenvalue weighted by atomic mass is 16.4. The zero-order chi connectivity index (χ0) is 33.5. The summed E-state index contributed by atoms with van der Waals surface area (Å²) < 4.78 is 0. The largest absolute Gasteiger partial charge is 0.480 e. The van der Waals surface area contributed by atoms with Crippen molar-refractivity contribution in [3.63, 3.8) is 0 Å². The van der Waals surface area contributed by atoms with Gasteiger partial charge < -0.3 is 59.3 Å². The Balaban J connectivity index is -0.000000128. The maximum absolute atomic E-state index is 10.2. The molecule has 0 spiro atoms. The van der Waals surface area contributed by atoms with Crippen LogP contribution in [-0.4, -0.2) is 96.8 Å². The molecule has 0 amide bonds. The van der Waals surface area contributed by atoms with Gasteiger partial charge in [0.15, 0.2) is 0 Å². The SMILES string of the molecule is CC(C)C[C@H](N)C(=O)O.CC(C)[C@H](N)C(=O)O.CC[C@H](C)[C@H](N)C(=O)O.C[C@@H](O)[C@H](N)C(=O)O.C[C@H](N)C(=O)O. The van der Waals surface area contributed by atoms with Gasteiger partial charge in [0.1, 0.15) is 30.2 Å². The number of hydrogen-bond donors (Lipinski definition) is 11. The second-order valence-corrected chi connectivity index (χ2v) is 9.66. The first-order valence-corrected chi connectivity index (χ1v) is 12.5. The molecule has 40 heavy (non-hydrogen) atoms. The summed E-state index contributed by atoms with van der Waals surface area (Å²) in [5.41, 5.74) is 25.4. The van der Waals surface area contributed by atoms with Crippen LogP contribution < -0.4 is 28.7 Å². The fourth-order valence-electron chi connectivity index (χ4n) is 1.60.